The van der Waals surface area contributed by atoms with Crippen LogP contribution in [-0.4, -0.2) is 16.5 Å². The molecule has 1 aromatic rings. The van der Waals surface area contributed by atoms with E-state index in [1.807, 2.05) is 22.6 Å². The van der Waals surface area contributed by atoms with Crippen molar-refractivity contribution in [1.29, 1.82) is 0 Å². The molecule has 1 rings (SSSR count). The van der Waals surface area contributed by atoms with E-state index >= 15 is 0 Å². The molecule has 4 heteroatoms. The van der Waals surface area contributed by atoms with Gasteiger partial charge < -0.3 is 10.2 Å². The zero-order valence-electron chi connectivity index (χ0n) is 5.41. The number of aromatic hydroxyl groups is 2. The summed E-state index contributed by atoms with van der Waals surface area (Å²) in [6, 6.07) is 3.00. The van der Waals surface area contributed by atoms with Crippen LogP contribution in [0, 0.1) is 3.57 Å². The van der Waals surface area contributed by atoms with Crippen LogP contribution in [0.5, 0.6) is 11.5 Å². The summed E-state index contributed by atoms with van der Waals surface area (Å²) in [6.45, 7) is 0. The first-order chi connectivity index (χ1) is 5.16. The number of phenolic OH excluding ortho intramolecular Hbond substituents is 2. The Balaban J connectivity index is 3.36. The van der Waals surface area contributed by atoms with Crippen molar-refractivity contribution in [3.8, 4) is 11.5 Å². The number of rotatable bonds is 1. The van der Waals surface area contributed by atoms with Gasteiger partial charge in [0, 0.05) is 0 Å². The van der Waals surface area contributed by atoms with Crippen LogP contribution in [0.25, 0.3) is 0 Å². The molecule has 3 nitrogen and oxygen atoms in total. The lowest BCUT2D eigenvalue weighted by Crippen LogP contribution is -1.83. The molecule has 0 saturated heterocycles. The molecule has 0 bridgehead atoms. The monoisotopic (exact) mass is 264 g/mol. The average molecular weight is 264 g/mol. The fraction of sp³-hybridized carbons (Fsp3) is 0. The third-order valence-electron chi connectivity index (χ3n) is 1.26. The minimum Gasteiger partial charge on any atom is -0.504 e. The topological polar surface area (TPSA) is 57.5 Å². The summed E-state index contributed by atoms with van der Waals surface area (Å²) in [6.07, 6.45) is 0.491. The van der Waals surface area contributed by atoms with Crippen LogP contribution in [0.15, 0.2) is 12.1 Å². The van der Waals surface area contributed by atoms with Gasteiger partial charge in [-0.25, -0.2) is 0 Å². The summed E-state index contributed by atoms with van der Waals surface area (Å²) in [4.78, 5) is 10.2. The second-order valence-electron chi connectivity index (χ2n) is 1.95. The first-order valence-electron chi connectivity index (χ1n) is 2.82. The standard InChI is InChI=1S/C7H5IO3/c8-5-2-1-4(3-9)6(10)7(5)11/h1-3,10-11H. The molecule has 0 radical (unpaired) electrons. The van der Waals surface area contributed by atoms with E-state index in [-0.39, 0.29) is 17.1 Å². The van der Waals surface area contributed by atoms with Crippen molar-refractivity contribution < 1.29 is 15.0 Å². The van der Waals surface area contributed by atoms with Crippen molar-refractivity contribution in [2.75, 3.05) is 0 Å². The summed E-state index contributed by atoms with van der Waals surface area (Å²) < 4.78 is 0.519. The van der Waals surface area contributed by atoms with E-state index in [2.05, 4.69) is 0 Å². The number of hydrogen-bond acceptors (Lipinski definition) is 3. The summed E-state index contributed by atoms with van der Waals surface area (Å²) in [7, 11) is 0. The predicted octanol–water partition coefficient (Wildman–Crippen LogP) is 1.51. The Labute approximate surface area is 76.8 Å². The Morgan fingerprint density at radius 2 is 1.91 bits per heavy atom. The highest BCUT2D eigenvalue weighted by molar-refractivity contribution is 14.1. The SMILES string of the molecule is O=Cc1ccc(I)c(O)c1O. The van der Waals surface area contributed by atoms with E-state index in [1.54, 1.807) is 6.07 Å². The molecule has 0 aliphatic heterocycles. The molecular weight excluding hydrogens is 259 g/mol. The van der Waals surface area contributed by atoms with Crippen LogP contribution in [0.3, 0.4) is 0 Å². The number of carbonyl (C=O) groups excluding carboxylic acids is 1. The number of benzene rings is 1. The predicted molar refractivity (Wildman–Crippen MR) is 47.9 cm³/mol. The normalized spacial score (nSPS) is 9.55. The van der Waals surface area contributed by atoms with Gasteiger partial charge in [-0.2, -0.15) is 0 Å². The molecule has 0 aliphatic rings. The molecule has 0 amide bonds. The summed E-state index contributed by atoms with van der Waals surface area (Å²) in [5, 5.41) is 18.2. The molecule has 0 saturated carbocycles. The van der Waals surface area contributed by atoms with Crippen LogP contribution < -0.4 is 0 Å². The highest BCUT2D eigenvalue weighted by atomic mass is 127. The lowest BCUT2D eigenvalue weighted by atomic mass is 10.2. The van der Waals surface area contributed by atoms with E-state index in [1.165, 1.54) is 6.07 Å². The van der Waals surface area contributed by atoms with E-state index in [4.69, 9.17) is 10.2 Å². The van der Waals surface area contributed by atoms with E-state index in [0.29, 0.717) is 9.86 Å². The van der Waals surface area contributed by atoms with Crippen molar-refractivity contribution in [3.63, 3.8) is 0 Å². The minimum atomic E-state index is -0.355. The molecule has 0 spiro atoms. The summed E-state index contributed by atoms with van der Waals surface area (Å²) in [5.41, 5.74) is 0.0999. The van der Waals surface area contributed by atoms with E-state index in [9.17, 15) is 4.79 Å². The van der Waals surface area contributed by atoms with Gasteiger partial charge in [-0.15, -0.1) is 0 Å². The fourth-order valence-corrected chi connectivity index (χ4v) is 1.10. The number of phenols is 2. The van der Waals surface area contributed by atoms with Crippen molar-refractivity contribution in [2.45, 2.75) is 0 Å². The molecule has 0 aromatic heterocycles. The first kappa shape index (κ1) is 8.32. The maximum Gasteiger partial charge on any atom is 0.171 e. The molecule has 11 heavy (non-hydrogen) atoms. The van der Waals surface area contributed by atoms with Gasteiger partial charge in [-0.1, -0.05) is 0 Å². The lowest BCUT2D eigenvalue weighted by molar-refractivity contribution is 0.112. The van der Waals surface area contributed by atoms with Gasteiger partial charge in [0.1, 0.15) is 0 Å². The number of aldehydes is 1. The molecule has 0 fully saturated rings. The van der Waals surface area contributed by atoms with Gasteiger partial charge in [0.25, 0.3) is 0 Å². The lowest BCUT2D eigenvalue weighted by Gasteiger charge is -2.00. The molecule has 1 aromatic carbocycles. The van der Waals surface area contributed by atoms with Crippen LogP contribution in [0.2, 0.25) is 0 Å². The quantitative estimate of drug-likeness (QED) is 0.459. The molecule has 0 atom stereocenters. The zero-order valence-corrected chi connectivity index (χ0v) is 7.57. The van der Waals surface area contributed by atoms with Crippen molar-refractivity contribution in [2.24, 2.45) is 0 Å². The number of hydrogen-bond donors (Lipinski definition) is 2. The molecule has 0 heterocycles. The zero-order chi connectivity index (χ0) is 8.43. The maximum absolute atomic E-state index is 10.2. The molecule has 0 aliphatic carbocycles. The Hall–Kier alpha value is -0.780. The third kappa shape index (κ3) is 1.45. The Bertz CT molecular complexity index is 296. The molecule has 0 unspecified atom stereocenters. The minimum absolute atomic E-state index is 0.0999. The maximum atomic E-state index is 10.2. The highest BCUT2D eigenvalue weighted by Gasteiger charge is 2.07. The van der Waals surface area contributed by atoms with Crippen molar-refractivity contribution in [1.82, 2.24) is 0 Å². The van der Waals surface area contributed by atoms with Gasteiger partial charge in [0.05, 0.1) is 9.13 Å². The Morgan fingerprint density at radius 1 is 1.27 bits per heavy atom. The highest BCUT2D eigenvalue weighted by Crippen LogP contribution is 2.32. The van der Waals surface area contributed by atoms with Gasteiger partial charge in [-0.3, -0.25) is 4.79 Å². The fourth-order valence-electron chi connectivity index (χ4n) is 0.666. The van der Waals surface area contributed by atoms with Crippen molar-refractivity contribution in [3.05, 3.63) is 21.3 Å². The summed E-state index contributed by atoms with van der Waals surface area (Å²) in [5.74, 6) is -0.595. The second-order valence-corrected chi connectivity index (χ2v) is 3.11. The first-order valence-corrected chi connectivity index (χ1v) is 3.90. The van der Waals surface area contributed by atoms with Gasteiger partial charge in [0.2, 0.25) is 0 Å². The van der Waals surface area contributed by atoms with Crippen LogP contribution in [0.4, 0.5) is 0 Å². The third-order valence-corrected chi connectivity index (χ3v) is 2.13. The van der Waals surface area contributed by atoms with Gasteiger partial charge >= 0.3 is 0 Å². The Morgan fingerprint density at radius 3 is 2.45 bits per heavy atom. The molecular formula is C7H5IO3. The second kappa shape index (κ2) is 3.08. The van der Waals surface area contributed by atoms with E-state index in [0.717, 1.165) is 0 Å². The van der Waals surface area contributed by atoms with Crippen LogP contribution in [-0.2, 0) is 0 Å². The molecule has 2 N–H and O–H groups in total. The van der Waals surface area contributed by atoms with E-state index < -0.39 is 0 Å². The molecule has 58 valence electrons. The van der Waals surface area contributed by atoms with Gasteiger partial charge in [-0.05, 0) is 34.7 Å². The smallest absolute Gasteiger partial charge is 0.171 e. The average Bonchev–Trinajstić information content (AvgIpc) is 2.01. The number of halogens is 1. The largest absolute Gasteiger partial charge is 0.504 e. The van der Waals surface area contributed by atoms with Crippen LogP contribution in [0.1, 0.15) is 10.4 Å². The summed E-state index contributed by atoms with van der Waals surface area (Å²) >= 11 is 1.86. The van der Waals surface area contributed by atoms with Crippen LogP contribution >= 0.6 is 22.6 Å². The van der Waals surface area contributed by atoms with Gasteiger partial charge in [0.15, 0.2) is 17.8 Å². The number of carbonyl (C=O) groups is 1. The van der Waals surface area contributed by atoms with Crippen molar-refractivity contribution >= 4 is 28.9 Å². The Kier molecular flexibility index (Phi) is 2.33.